The minimum atomic E-state index is 0.0768. The first-order chi connectivity index (χ1) is 9.41. The van der Waals surface area contributed by atoms with E-state index in [1.165, 1.54) is 5.56 Å². The molecular formula is C17H17BrN2. The number of nitriles is 1. The van der Waals surface area contributed by atoms with Gasteiger partial charge in [-0.15, -0.1) is 0 Å². The summed E-state index contributed by atoms with van der Waals surface area (Å²) in [7, 11) is 0. The van der Waals surface area contributed by atoms with Gasteiger partial charge >= 0.3 is 0 Å². The van der Waals surface area contributed by atoms with Crippen LogP contribution >= 0.6 is 15.9 Å². The topological polar surface area (TPSA) is 35.8 Å². The van der Waals surface area contributed by atoms with Crippen molar-refractivity contribution in [3.05, 3.63) is 58.1 Å². The van der Waals surface area contributed by atoms with Crippen LogP contribution < -0.4 is 5.32 Å². The molecule has 2 aromatic rings. The zero-order valence-electron chi connectivity index (χ0n) is 11.9. The molecule has 0 aliphatic heterocycles. The minimum absolute atomic E-state index is 0.0768. The van der Waals surface area contributed by atoms with E-state index in [9.17, 15) is 0 Å². The molecule has 0 atom stereocenters. The predicted molar refractivity (Wildman–Crippen MR) is 87.3 cm³/mol. The fourth-order valence-electron chi connectivity index (χ4n) is 2.09. The molecule has 0 aliphatic carbocycles. The summed E-state index contributed by atoms with van der Waals surface area (Å²) in [5.74, 6) is 0. The molecule has 0 aliphatic rings. The van der Waals surface area contributed by atoms with Crippen LogP contribution in [0.3, 0.4) is 0 Å². The molecule has 20 heavy (non-hydrogen) atoms. The molecule has 0 heterocycles. The van der Waals surface area contributed by atoms with Crippen LogP contribution in [0.25, 0.3) is 0 Å². The van der Waals surface area contributed by atoms with Gasteiger partial charge in [0.2, 0.25) is 0 Å². The standard InChI is InChI=1S/C17H17BrN2/c1-17(2,3)14-6-4-5-7-16(14)20-13-9-8-12(11-19)15(18)10-13/h4-10,20H,1-3H3. The number of nitrogens with one attached hydrogen (secondary N) is 1. The van der Waals surface area contributed by atoms with Crippen molar-refractivity contribution in [2.75, 3.05) is 5.32 Å². The van der Waals surface area contributed by atoms with E-state index in [-0.39, 0.29) is 5.41 Å². The van der Waals surface area contributed by atoms with E-state index in [4.69, 9.17) is 5.26 Å². The number of hydrogen-bond donors (Lipinski definition) is 1. The molecular weight excluding hydrogens is 312 g/mol. The molecule has 0 spiro atoms. The Labute approximate surface area is 128 Å². The van der Waals surface area contributed by atoms with Gasteiger partial charge < -0.3 is 5.32 Å². The molecule has 0 aromatic heterocycles. The Morgan fingerprint density at radius 1 is 1.10 bits per heavy atom. The molecule has 0 fully saturated rings. The third kappa shape index (κ3) is 3.20. The number of nitrogens with zero attached hydrogens (tertiary/aromatic N) is 1. The smallest absolute Gasteiger partial charge is 0.100 e. The first-order valence-electron chi connectivity index (χ1n) is 6.48. The van der Waals surface area contributed by atoms with Crippen LogP contribution in [-0.2, 0) is 5.41 Å². The fourth-order valence-corrected chi connectivity index (χ4v) is 2.55. The molecule has 2 rings (SSSR count). The largest absolute Gasteiger partial charge is 0.355 e. The minimum Gasteiger partial charge on any atom is -0.355 e. The van der Waals surface area contributed by atoms with Crippen LogP contribution in [-0.4, -0.2) is 0 Å². The van der Waals surface area contributed by atoms with Crippen molar-refractivity contribution in [2.45, 2.75) is 26.2 Å². The highest BCUT2D eigenvalue weighted by molar-refractivity contribution is 9.10. The van der Waals surface area contributed by atoms with E-state index in [1.54, 1.807) is 0 Å². The van der Waals surface area contributed by atoms with Gasteiger partial charge in [-0.05, 0) is 51.2 Å². The van der Waals surface area contributed by atoms with Gasteiger partial charge in [0.25, 0.3) is 0 Å². The van der Waals surface area contributed by atoms with Crippen LogP contribution in [0.4, 0.5) is 11.4 Å². The Kier molecular flexibility index (Phi) is 4.15. The van der Waals surface area contributed by atoms with Gasteiger partial charge in [0.15, 0.2) is 0 Å². The number of hydrogen-bond acceptors (Lipinski definition) is 2. The van der Waals surface area contributed by atoms with Crippen molar-refractivity contribution in [1.82, 2.24) is 0 Å². The lowest BCUT2D eigenvalue weighted by molar-refractivity contribution is 0.592. The van der Waals surface area contributed by atoms with Gasteiger partial charge in [0, 0.05) is 15.8 Å². The molecule has 0 bridgehead atoms. The number of rotatable bonds is 2. The lowest BCUT2D eigenvalue weighted by Gasteiger charge is -2.23. The average Bonchev–Trinajstić information content (AvgIpc) is 2.38. The monoisotopic (exact) mass is 328 g/mol. The van der Waals surface area contributed by atoms with Crippen molar-refractivity contribution < 1.29 is 0 Å². The average molecular weight is 329 g/mol. The van der Waals surface area contributed by atoms with E-state index < -0.39 is 0 Å². The maximum atomic E-state index is 8.95. The maximum absolute atomic E-state index is 8.95. The molecule has 0 saturated carbocycles. The van der Waals surface area contributed by atoms with Gasteiger partial charge in [-0.25, -0.2) is 0 Å². The predicted octanol–water partition coefficient (Wildman–Crippen LogP) is 5.36. The lowest BCUT2D eigenvalue weighted by Crippen LogP contribution is -2.13. The third-order valence-electron chi connectivity index (χ3n) is 3.10. The summed E-state index contributed by atoms with van der Waals surface area (Å²) in [5, 5.41) is 12.4. The van der Waals surface area contributed by atoms with E-state index >= 15 is 0 Å². The molecule has 2 nitrogen and oxygen atoms in total. The second-order valence-corrected chi connectivity index (χ2v) is 6.58. The summed E-state index contributed by atoms with van der Waals surface area (Å²) < 4.78 is 0.804. The van der Waals surface area contributed by atoms with E-state index in [0.717, 1.165) is 15.8 Å². The number of benzene rings is 2. The quantitative estimate of drug-likeness (QED) is 0.805. The maximum Gasteiger partial charge on any atom is 0.100 e. The molecule has 0 unspecified atom stereocenters. The first-order valence-corrected chi connectivity index (χ1v) is 7.27. The summed E-state index contributed by atoms with van der Waals surface area (Å²) >= 11 is 3.42. The highest BCUT2D eigenvalue weighted by Gasteiger charge is 2.17. The molecule has 3 heteroatoms. The Balaban J connectivity index is 2.36. The highest BCUT2D eigenvalue weighted by atomic mass is 79.9. The number of halogens is 1. The van der Waals surface area contributed by atoms with E-state index in [1.807, 2.05) is 24.3 Å². The summed E-state index contributed by atoms with van der Waals surface area (Å²) in [6, 6.07) is 16.1. The van der Waals surface area contributed by atoms with Crippen molar-refractivity contribution >= 4 is 27.3 Å². The van der Waals surface area contributed by atoms with E-state index in [2.05, 4.69) is 66.3 Å². The van der Waals surface area contributed by atoms with Crippen molar-refractivity contribution in [3.63, 3.8) is 0 Å². The number of anilines is 2. The summed E-state index contributed by atoms with van der Waals surface area (Å²) in [5.41, 5.74) is 4.04. The van der Waals surface area contributed by atoms with Crippen molar-refractivity contribution in [3.8, 4) is 6.07 Å². The summed E-state index contributed by atoms with van der Waals surface area (Å²) in [4.78, 5) is 0. The van der Waals surface area contributed by atoms with Crippen molar-refractivity contribution in [1.29, 1.82) is 5.26 Å². The molecule has 0 saturated heterocycles. The summed E-state index contributed by atoms with van der Waals surface area (Å²) in [6.45, 7) is 6.59. The summed E-state index contributed by atoms with van der Waals surface area (Å²) in [6.07, 6.45) is 0. The van der Waals surface area contributed by atoms with Crippen LogP contribution in [0.15, 0.2) is 46.9 Å². The van der Waals surface area contributed by atoms with Gasteiger partial charge in [0.05, 0.1) is 5.56 Å². The SMILES string of the molecule is CC(C)(C)c1ccccc1Nc1ccc(C#N)c(Br)c1. The Morgan fingerprint density at radius 3 is 2.40 bits per heavy atom. The molecule has 2 aromatic carbocycles. The zero-order chi connectivity index (χ0) is 14.8. The molecule has 1 N–H and O–H groups in total. The van der Waals surface area contributed by atoms with Gasteiger partial charge in [0.1, 0.15) is 6.07 Å². The fraction of sp³-hybridized carbons (Fsp3) is 0.235. The Hall–Kier alpha value is -1.79. The van der Waals surface area contributed by atoms with Crippen molar-refractivity contribution in [2.24, 2.45) is 0 Å². The Bertz CT molecular complexity index is 663. The van der Waals surface area contributed by atoms with E-state index in [0.29, 0.717) is 5.56 Å². The molecule has 0 amide bonds. The normalized spacial score (nSPS) is 10.9. The number of para-hydroxylation sites is 1. The Morgan fingerprint density at radius 2 is 1.80 bits per heavy atom. The third-order valence-corrected chi connectivity index (χ3v) is 3.76. The highest BCUT2D eigenvalue weighted by Crippen LogP contribution is 2.32. The van der Waals surface area contributed by atoms with Crippen LogP contribution in [0.2, 0.25) is 0 Å². The first kappa shape index (κ1) is 14.6. The molecule has 102 valence electrons. The van der Waals surface area contributed by atoms with Crippen LogP contribution in [0.1, 0.15) is 31.9 Å². The van der Waals surface area contributed by atoms with Crippen LogP contribution in [0, 0.1) is 11.3 Å². The zero-order valence-corrected chi connectivity index (χ0v) is 13.5. The second-order valence-electron chi connectivity index (χ2n) is 5.73. The molecule has 0 radical (unpaired) electrons. The van der Waals surface area contributed by atoms with Crippen LogP contribution in [0.5, 0.6) is 0 Å². The van der Waals surface area contributed by atoms with Gasteiger partial charge in [-0.3, -0.25) is 0 Å². The lowest BCUT2D eigenvalue weighted by atomic mass is 9.86. The second kappa shape index (κ2) is 5.68. The van der Waals surface area contributed by atoms with Gasteiger partial charge in [-0.1, -0.05) is 39.0 Å². The van der Waals surface area contributed by atoms with Gasteiger partial charge in [-0.2, -0.15) is 5.26 Å².